The first-order chi connectivity index (χ1) is 5.60. The SMILES string of the molecule is COC1(C(C)=O)CCN(C)CC1. The molecule has 0 aromatic rings. The van der Waals surface area contributed by atoms with Crippen molar-refractivity contribution in [1.82, 2.24) is 4.90 Å². The highest BCUT2D eigenvalue weighted by atomic mass is 16.5. The number of nitrogens with zero attached hydrogens (tertiary/aromatic N) is 1. The van der Waals surface area contributed by atoms with Gasteiger partial charge in [0.05, 0.1) is 0 Å². The summed E-state index contributed by atoms with van der Waals surface area (Å²) in [7, 11) is 3.70. The molecule has 1 aliphatic rings. The highest BCUT2D eigenvalue weighted by Gasteiger charge is 2.37. The first kappa shape index (κ1) is 9.68. The van der Waals surface area contributed by atoms with Gasteiger partial charge in [0.2, 0.25) is 0 Å². The molecule has 12 heavy (non-hydrogen) atoms. The summed E-state index contributed by atoms with van der Waals surface area (Å²) >= 11 is 0. The van der Waals surface area contributed by atoms with Crippen LogP contribution in [0.3, 0.4) is 0 Å². The number of ether oxygens (including phenoxy) is 1. The third kappa shape index (κ3) is 1.67. The zero-order valence-corrected chi connectivity index (χ0v) is 8.09. The van der Waals surface area contributed by atoms with Crippen LogP contribution in [-0.4, -0.2) is 43.5 Å². The number of hydrogen-bond acceptors (Lipinski definition) is 3. The second-order valence-electron chi connectivity index (χ2n) is 3.56. The van der Waals surface area contributed by atoms with Crippen molar-refractivity contribution in [3.63, 3.8) is 0 Å². The fourth-order valence-corrected chi connectivity index (χ4v) is 1.68. The number of likely N-dealkylation sites (tertiary alicyclic amines) is 1. The van der Waals surface area contributed by atoms with E-state index < -0.39 is 5.60 Å². The molecule has 0 radical (unpaired) electrons. The molecule has 0 atom stereocenters. The molecule has 0 aliphatic carbocycles. The lowest BCUT2D eigenvalue weighted by atomic mass is 9.88. The van der Waals surface area contributed by atoms with Gasteiger partial charge in [-0.25, -0.2) is 0 Å². The largest absolute Gasteiger partial charge is 0.370 e. The number of carbonyl (C=O) groups excluding carboxylic acids is 1. The molecule has 0 bridgehead atoms. The molecular weight excluding hydrogens is 154 g/mol. The maximum atomic E-state index is 11.3. The molecule has 0 N–H and O–H groups in total. The van der Waals surface area contributed by atoms with Crippen LogP contribution in [0.25, 0.3) is 0 Å². The van der Waals surface area contributed by atoms with Gasteiger partial charge in [-0.05, 0) is 26.8 Å². The minimum absolute atomic E-state index is 0.165. The molecule has 0 unspecified atom stereocenters. The van der Waals surface area contributed by atoms with Gasteiger partial charge in [-0.15, -0.1) is 0 Å². The molecule has 1 aliphatic heterocycles. The zero-order chi connectivity index (χ0) is 9.19. The Balaban J connectivity index is 2.63. The monoisotopic (exact) mass is 171 g/mol. The Morgan fingerprint density at radius 1 is 1.42 bits per heavy atom. The fourth-order valence-electron chi connectivity index (χ4n) is 1.68. The Bertz CT molecular complexity index is 171. The van der Waals surface area contributed by atoms with Crippen LogP contribution in [0.15, 0.2) is 0 Å². The normalized spacial score (nSPS) is 23.9. The molecule has 3 nitrogen and oxygen atoms in total. The van der Waals surface area contributed by atoms with Crippen molar-refractivity contribution in [1.29, 1.82) is 0 Å². The molecule has 0 spiro atoms. The van der Waals surface area contributed by atoms with Crippen LogP contribution in [0.5, 0.6) is 0 Å². The molecular formula is C9H17NO2. The molecule has 0 amide bonds. The number of carbonyl (C=O) groups is 1. The third-order valence-electron chi connectivity index (χ3n) is 2.83. The molecule has 1 heterocycles. The molecule has 70 valence electrons. The topological polar surface area (TPSA) is 29.5 Å². The average Bonchev–Trinajstić information content (AvgIpc) is 2.06. The minimum Gasteiger partial charge on any atom is -0.370 e. The van der Waals surface area contributed by atoms with Crippen molar-refractivity contribution in [2.24, 2.45) is 0 Å². The molecule has 0 aromatic heterocycles. The minimum atomic E-state index is -0.480. The van der Waals surface area contributed by atoms with Gasteiger partial charge in [0, 0.05) is 20.2 Å². The van der Waals surface area contributed by atoms with E-state index in [2.05, 4.69) is 11.9 Å². The summed E-state index contributed by atoms with van der Waals surface area (Å²) < 4.78 is 5.31. The molecule has 0 saturated carbocycles. The van der Waals surface area contributed by atoms with E-state index in [4.69, 9.17) is 4.74 Å². The van der Waals surface area contributed by atoms with Crippen molar-refractivity contribution in [2.45, 2.75) is 25.4 Å². The highest BCUT2D eigenvalue weighted by Crippen LogP contribution is 2.25. The maximum absolute atomic E-state index is 11.3. The van der Waals surface area contributed by atoms with Crippen LogP contribution in [-0.2, 0) is 9.53 Å². The van der Waals surface area contributed by atoms with Gasteiger partial charge in [-0.3, -0.25) is 4.79 Å². The van der Waals surface area contributed by atoms with Gasteiger partial charge in [-0.2, -0.15) is 0 Å². The summed E-state index contributed by atoms with van der Waals surface area (Å²) in [5.41, 5.74) is -0.480. The first-order valence-corrected chi connectivity index (χ1v) is 4.35. The number of rotatable bonds is 2. The first-order valence-electron chi connectivity index (χ1n) is 4.35. The Morgan fingerprint density at radius 3 is 2.25 bits per heavy atom. The van der Waals surface area contributed by atoms with Gasteiger partial charge >= 0.3 is 0 Å². The lowest BCUT2D eigenvalue weighted by Gasteiger charge is -2.37. The predicted octanol–water partition coefficient (Wildman–Crippen LogP) is 0.686. The van der Waals surface area contributed by atoms with Gasteiger partial charge < -0.3 is 9.64 Å². The summed E-state index contributed by atoms with van der Waals surface area (Å²) in [6, 6.07) is 0. The van der Waals surface area contributed by atoms with Gasteiger partial charge in [0.15, 0.2) is 5.78 Å². The van der Waals surface area contributed by atoms with E-state index in [-0.39, 0.29) is 5.78 Å². The van der Waals surface area contributed by atoms with Crippen LogP contribution < -0.4 is 0 Å². The van der Waals surface area contributed by atoms with Crippen LogP contribution in [0.2, 0.25) is 0 Å². The lowest BCUT2D eigenvalue weighted by molar-refractivity contribution is -0.144. The van der Waals surface area contributed by atoms with Gasteiger partial charge in [0.25, 0.3) is 0 Å². The molecule has 0 aromatic carbocycles. The quantitative estimate of drug-likeness (QED) is 0.612. The van der Waals surface area contributed by atoms with Crippen molar-refractivity contribution in [2.75, 3.05) is 27.2 Å². The van der Waals surface area contributed by atoms with Crippen molar-refractivity contribution < 1.29 is 9.53 Å². The average molecular weight is 171 g/mol. The van der Waals surface area contributed by atoms with Crippen molar-refractivity contribution >= 4 is 5.78 Å². The highest BCUT2D eigenvalue weighted by molar-refractivity contribution is 5.85. The van der Waals surface area contributed by atoms with Crippen LogP contribution in [0.4, 0.5) is 0 Å². The molecule has 3 heteroatoms. The Kier molecular flexibility index (Phi) is 2.85. The fraction of sp³-hybridized carbons (Fsp3) is 0.889. The molecule has 1 rings (SSSR count). The number of methoxy groups -OCH3 is 1. The van der Waals surface area contributed by atoms with E-state index in [0.717, 1.165) is 25.9 Å². The van der Waals surface area contributed by atoms with Crippen molar-refractivity contribution in [3.8, 4) is 0 Å². The van der Waals surface area contributed by atoms with E-state index in [9.17, 15) is 4.79 Å². The summed E-state index contributed by atoms with van der Waals surface area (Å²) in [6.45, 7) is 3.52. The molecule has 1 saturated heterocycles. The maximum Gasteiger partial charge on any atom is 0.161 e. The summed E-state index contributed by atoms with van der Waals surface area (Å²) in [5, 5.41) is 0. The Labute approximate surface area is 73.7 Å². The van der Waals surface area contributed by atoms with Gasteiger partial charge in [0.1, 0.15) is 5.60 Å². The third-order valence-corrected chi connectivity index (χ3v) is 2.83. The summed E-state index contributed by atoms with van der Waals surface area (Å²) in [4.78, 5) is 13.5. The van der Waals surface area contributed by atoms with E-state index in [1.807, 2.05) is 0 Å². The van der Waals surface area contributed by atoms with Crippen LogP contribution in [0, 0.1) is 0 Å². The summed E-state index contributed by atoms with van der Waals surface area (Å²) in [6.07, 6.45) is 1.66. The zero-order valence-electron chi connectivity index (χ0n) is 8.09. The van der Waals surface area contributed by atoms with E-state index >= 15 is 0 Å². The number of ketones is 1. The number of Topliss-reactive ketones (excluding diaryl/α,β-unsaturated/α-hetero) is 1. The van der Waals surface area contributed by atoms with E-state index in [0.29, 0.717) is 0 Å². The second-order valence-corrected chi connectivity index (χ2v) is 3.56. The lowest BCUT2D eigenvalue weighted by Crippen LogP contribution is -2.48. The smallest absolute Gasteiger partial charge is 0.161 e. The number of hydrogen-bond donors (Lipinski definition) is 0. The predicted molar refractivity (Wildman–Crippen MR) is 47.2 cm³/mol. The number of piperidine rings is 1. The standard InChI is InChI=1S/C9H17NO2/c1-8(11)9(12-3)4-6-10(2)7-5-9/h4-7H2,1-3H3. The molecule has 1 fully saturated rings. The van der Waals surface area contributed by atoms with Crippen molar-refractivity contribution in [3.05, 3.63) is 0 Å². The van der Waals surface area contributed by atoms with Gasteiger partial charge in [-0.1, -0.05) is 0 Å². The van der Waals surface area contributed by atoms with Crippen LogP contribution in [0.1, 0.15) is 19.8 Å². The van der Waals surface area contributed by atoms with E-state index in [1.54, 1.807) is 14.0 Å². The Hall–Kier alpha value is -0.410. The summed E-state index contributed by atoms with van der Waals surface area (Å²) in [5.74, 6) is 0.165. The van der Waals surface area contributed by atoms with E-state index in [1.165, 1.54) is 0 Å². The Morgan fingerprint density at radius 2 is 1.92 bits per heavy atom. The van der Waals surface area contributed by atoms with Crippen LogP contribution >= 0.6 is 0 Å². The second kappa shape index (κ2) is 3.54.